The van der Waals surface area contributed by atoms with Crippen molar-refractivity contribution in [2.45, 2.75) is 65.6 Å². The van der Waals surface area contributed by atoms with Crippen LogP contribution in [0.25, 0.3) is 33.3 Å². The first kappa shape index (κ1) is 23.3. The van der Waals surface area contributed by atoms with E-state index in [4.69, 9.17) is 9.51 Å². The molecule has 0 aliphatic heterocycles. The first-order valence-electron chi connectivity index (χ1n) is 12.1. The Morgan fingerprint density at radius 1 is 1.20 bits per heavy atom. The minimum Gasteiger partial charge on any atom is -0.478 e. The highest BCUT2D eigenvalue weighted by Crippen LogP contribution is 2.38. The van der Waals surface area contributed by atoms with E-state index < -0.39 is 11.6 Å². The van der Waals surface area contributed by atoms with Gasteiger partial charge in [-0.1, -0.05) is 17.3 Å². The molecule has 1 aliphatic rings. The third-order valence-electron chi connectivity index (χ3n) is 7.41. The molecule has 1 aliphatic carbocycles. The lowest BCUT2D eigenvalue weighted by atomic mass is 9.81. The zero-order chi connectivity index (χ0) is 24.9. The van der Waals surface area contributed by atoms with Crippen molar-refractivity contribution in [3.63, 3.8) is 0 Å². The van der Waals surface area contributed by atoms with E-state index in [2.05, 4.69) is 22.0 Å². The Labute approximate surface area is 203 Å². The summed E-state index contributed by atoms with van der Waals surface area (Å²) >= 11 is 0. The Morgan fingerprint density at radius 2 is 1.94 bits per heavy atom. The molecule has 1 saturated carbocycles. The number of halogens is 1. The van der Waals surface area contributed by atoms with Gasteiger partial charge in [-0.3, -0.25) is 4.98 Å². The molecule has 35 heavy (non-hydrogen) atoms. The molecule has 6 nitrogen and oxygen atoms in total. The van der Waals surface area contributed by atoms with Gasteiger partial charge in [0.2, 0.25) is 0 Å². The molecular formula is C28H30FN3O3. The second-order valence-corrected chi connectivity index (χ2v) is 10.2. The lowest BCUT2D eigenvalue weighted by Crippen LogP contribution is -2.27. The van der Waals surface area contributed by atoms with Gasteiger partial charge in [0.05, 0.1) is 22.3 Å². The standard InChI is InChI=1S/C28H30FN3O3/c1-16-11-20(5-6-22(16)27(33)34)23-15-32(14-19-7-9-28(4,29)10-8-19)24-12-21(13-30-26(23)24)25-17(2)31-35-18(25)3/h5-6,11-13,15,19H,7-10,14H2,1-4H3,(H,33,34). The zero-order valence-corrected chi connectivity index (χ0v) is 20.6. The maximum Gasteiger partial charge on any atom is 0.335 e. The smallest absolute Gasteiger partial charge is 0.335 e. The summed E-state index contributed by atoms with van der Waals surface area (Å²) in [5.41, 5.74) is 6.36. The molecule has 3 aromatic heterocycles. The molecule has 0 atom stereocenters. The maximum absolute atomic E-state index is 14.4. The molecule has 0 saturated heterocycles. The van der Waals surface area contributed by atoms with E-state index in [-0.39, 0.29) is 0 Å². The van der Waals surface area contributed by atoms with Crippen LogP contribution in [0.4, 0.5) is 4.39 Å². The zero-order valence-electron chi connectivity index (χ0n) is 20.6. The van der Waals surface area contributed by atoms with Crippen molar-refractivity contribution in [2.24, 2.45) is 5.92 Å². The summed E-state index contributed by atoms with van der Waals surface area (Å²) in [5, 5.41) is 13.5. The Morgan fingerprint density at radius 3 is 2.57 bits per heavy atom. The first-order chi connectivity index (χ1) is 16.6. The van der Waals surface area contributed by atoms with Gasteiger partial charge in [0.25, 0.3) is 0 Å². The van der Waals surface area contributed by atoms with E-state index in [1.54, 1.807) is 13.0 Å². The molecule has 0 spiro atoms. The SMILES string of the molecule is Cc1cc(-c2cn(CC3CCC(C)(F)CC3)c3cc(-c4c(C)noc4C)cnc23)ccc1C(=O)O. The third-order valence-corrected chi connectivity index (χ3v) is 7.41. The van der Waals surface area contributed by atoms with Crippen LogP contribution >= 0.6 is 0 Å². The molecule has 7 heteroatoms. The third kappa shape index (κ3) is 4.35. The number of hydrogen-bond donors (Lipinski definition) is 1. The number of carbonyl (C=O) groups is 1. The van der Waals surface area contributed by atoms with Crippen molar-refractivity contribution < 1.29 is 18.8 Å². The van der Waals surface area contributed by atoms with Gasteiger partial charge < -0.3 is 14.2 Å². The summed E-state index contributed by atoms with van der Waals surface area (Å²) in [6, 6.07) is 7.52. The van der Waals surface area contributed by atoms with Gasteiger partial charge in [-0.15, -0.1) is 0 Å². The van der Waals surface area contributed by atoms with Crippen molar-refractivity contribution in [1.82, 2.24) is 14.7 Å². The molecule has 1 aromatic carbocycles. The largest absolute Gasteiger partial charge is 0.478 e. The molecule has 1 N–H and O–H groups in total. The van der Waals surface area contributed by atoms with Gasteiger partial charge in [0.1, 0.15) is 11.4 Å². The van der Waals surface area contributed by atoms with Crippen molar-refractivity contribution >= 4 is 17.0 Å². The number of hydrogen-bond acceptors (Lipinski definition) is 4. The number of pyridine rings is 1. The van der Waals surface area contributed by atoms with E-state index >= 15 is 0 Å². The van der Waals surface area contributed by atoms with Crippen LogP contribution in [0.2, 0.25) is 0 Å². The summed E-state index contributed by atoms with van der Waals surface area (Å²) in [4.78, 5) is 16.4. The van der Waals surface area contributed by atoms with Gasteiger partial charge in [-0.25, -0.2) is 9.18 Å². The number of nitrogens with zero attached hydrogens (tertiary/aromatic N) is 3. The van der Waals surface area contributed by atoms with Gasteiger partial charge in [0, 0.05) is 35.6 Å². The summed E-state index contributed by atoms with van der Waals surface area (Å²) in [6.07, 6.45) is 6.82. The fraction of sp³-hybridized carbons (Fsp3) is 0.393. The molecule has 5 rings (SSSR count). The van der Waals surface area contributed by atoms with Crippen molar-refractivity contribution in [1.29, 1.82) is 0 Å². The number of carboxylic acid groups (broad SMARTS) is 1. The molecule has 182 valence electrons. The van der Waals surface area contributed by atoms with E-state index in [1.807, 2.05) is 39.1 Å². The van der Waals surface area contributed by atoms with Crippen LogP contribution in [0.5, 0.6) is 0 Å². The molecule has 4 aromatic rings. The van der Waals surface area contributed by atoms with Crippen LogP contribution in [-0.2, 0) is 6.54 Å². The van der Waals surface area contributed by atoms with Crippen LogP contribution < -0.4 is 0 Å². The number of aromatic nitrogens is 3. The van der Waals surface area contributed by atoms with Crippen LogP contribution in [0, 0.1) is 26.7 Å². The van der Waals surface area contributed by atoms with Crippen molar-refractivity contribution in [3.8, 4) is 22.3 Å². The molecule has 0 amide bonds. The number of alkyl halides is 1. The fourth-order valence-corrected chi connectivity index (χ4v) is 5.37. The van der Waals surface area contributed by atoms with Crippen LogP contribution in [0.3, 0.4) is 0 Å². The average Bonchev–Trinajstić information content (AvgIpc) is 3.33. The fourth-order valence-electron chi connectivity index (χ4n) is 5.37. The quantitative estimate of drug-likeness (QED) is 0.339. The number of fused-ring (bicyclic) bond motifs is 1. The second kappa shape index (κ2) is 8.63. The van der Waals surface area contributed by atoms with Gasteiger partial charge in [-0.2, -0.15) is 0 Å². The minimum absolute atomic E-state index is 0.294. The average molecular weight is 476 g/mol. The highest BCUT2D eigenvalue weighted by atomic mass is 19.1. The van der Waals surface area contributed by atoms with Crippen LogP contribution in [0.15, 0.2) is 41.2 Å². The topological polar surface area (TPSA) is 81.2 Å². The molecule has 0 unspecified atom stereocenters. The Kier molecular flexibility index (Phi) is 5.74. The summed E-state index contributed by atoms with van der Waals surface area (Å²) < 4.78 is 22.0. The monoisotopic (exact) mass is 475 g/mol. The normalized spacial score (nSPS) is 20.4. The van der Waals surface area contributed by atoms with Crippen LogP contribution in [0.1, 0.15) is 60.0 Å². The maximum atomic E-state index is 14.4. The van der Waals surface area contributed by atoms with Gasteiger partial charge in [-0.05, 0) is 82.6 Å². The molecule has 0 bridgehead atoms. The number of aryl methyl sites for hydroxylation is 3. The Bertz CT molecular complexity index is 1400. The summed E-state index contributed by atoms with van der Waals surface area (Å²) in [6.45, 7) is 8.11. The van der Waals surface area contributed by atoms with E-state index in [0.717, 1.165) is 64.1 Å². The molecule has 0 radical (unpaired) electrons. The van der Waals surface area contributed by atoms with E-state index in [1.165, 1.54) is 0 Å². The highest BCUT2D eigenvalue weighted by Gasteiger charge is 2.31. The molecule has 3 heterocycles. The van der Waals surface area contributed by atoms with Crippen molar-refractivity contribution in [2.75, 3.05) is 0 Å². The predicted octanol–water partition coefficient (Wildman–Crippen LogP) is 6.90. The Balaban J connectivity index is 1.61. The number of rotatable bonds is 5. The number of benzene rings is 1. The second-order valence-electron chi connectivity index (χ2n) is 10.2. The summed E-state index contributed by atoms with van der Waals surface area (Å²) in [7, 11) is 0. The minimum atomic E-state index is -1.07. The van der Waals surface area contributed by atoms with Crippen molar-refractivity contribution in [3.05, 3.63) is 59.2 Å². The van der Waals surface area contributed by atoms with E-state index in [9.17, 15) is 14.3 Å². The number of carboxylic acids is 1. The Hall–Kier alpha value is -3.48. The van der Waals surface area contributed by atoms with Gasteiger partial charge in [0.15, 0.2) is 0 Å². The predicted molar refractivity (Wildman–Crippen MR) is 133 cm³/mol. The van der Waals surface area contributed by atoms with E-state index in [0.29, 0.717) is 29.9 Å². The summed E-state index contributed by atoms with van der Waals surface area (Å²) in [5.74, 6) is 0.202. The number of aromatic carboxylic acids is 1. The van der Waals surface area contributed by atoms with Gasteiger partial charge >= 0.3 is 5.97 Å². The lowest BCUT2D eigenvalue weighted by molar-refractivity contribution is 0.0696. The molecular weight excluding hydrogens is 445 g/mol. The molecule has 1 fully saturated rings. The highest BCUT2D eigenvalue weighted by molar-refractivity contribution is 5.96. The van der Waals surface area contributed by atoms with Crippen LogP contribution in [-0.4, -0.2) is 31.5 Å². The lowest BCUT2D eigenvalue weighted by Gasteiger charge is -2.31. The first-order valence-corrected chi connectivity index (χ1v) is 12.1.